The Kier molecular flexibility index (Phi) is 5.49. The molecule has 0 bridgehead atoms. The third-order valence-corrected chi connectivity index (χ3v) is 2.99. The highest BCUT2D eigenvalue weighted by Gasteiger charge is 2.22. The lowest BCUT2D eigenvalue weighted by Crippen LogP contribution is -2.40. The number of carbonyl (C=O) groups is 3. The van der Waals surface area contributed by atoms with E-state index in [0.717, 1.165) is 12.8 Å². The lowest BCUT2D eigenvalue weighted by Gasteiger charge is -2.17. The Morgan fingerprint density at radius 2 is 1.55 bits per heavy atom. The summed E-state index contributed by atoms with van der Waals surface area (Å²) in [5.41, 5.74) is -0.101. The molecule has 0 unspecified atom stereocenters. The quantitative estimate of drug-likeness (QED) is 0.720. The Bertz CT molecular complexity index is 449. The van der Waals surface area contributed by atoms with Crippen molar-refractivity contribution in [3.8, 4) is 0 Å². The van der Waals surface area contributed by atoms with E-state index in [4.69, 9.17) is 0 Å². The van der Waals surface area contributed by atoms with Gasteiger partial charge in [-0.15, -0.1) is 0 Å². The fraction of sp³-hybridized carbons (Fsp3) is 0.500. The smallest absolute Gasteiger partial charge is 0.271 e. The van der Waals surface area contributed by atoms with Gasteiger partial charge in [0.2, 0.25) is 5.91 Å². The normalized spacial score (nSPS) is 14.1. The molecule has 0 saturated carbocycles. The summed E-state index contributed by atoms with van der Waals surface area (Å²) in [5, 5.41) is 4.74. The number of carbonyl (C=O) groups excluding carboxylic acids is 3. The molecule has 6 heteroatoms. The van der Waals surface area contributed by atoms with Crippen LogP contribution in [-0.4, -0.2) is 35.7 Å². The van der Waals surface area contributed by atoms with Gasteiger partial charge < -0.3 is 15.5 Å². The monoisotopic (exact) mass is 279 g/mol. The third kappa shape index (κ3) is 4.22. The van der Waals surface area contributed by atoms with Crippen LogP contribution in [0.15, 0.2) is 24.6 Å². The SMILES string of the molecule is C=C(NC(=O)C(C)C)C(=O)NC(=C)C(=O)N1CCCC1. The molecule has 6 nitrogen and oxygen atoms in total. The summed E-state index contributed by atoms with van der Waals surface area (Å²) < 4.78 is 0. The fourth-order valence-electron chi connectivity index (χ4n) is 1.73. The lowest BCUT2D eigenvalue weighted by molar-refractivity contribution is -0.128. The van der Waals surface area contributed by atoms with Crippen molar-refractivity contribution in [2.75, 3.05) is 13.1 Å². The van der Waals surface area contributed by atoms with Gasteiger partial charge in [0.15, 0.2) is 0 Å². The van der Waals surface area contributed by atoms with Crippen molar-refractivity contribution in [3.63, 3.8) is 0 Å². The Balaban J connectivity index is 2.48. The Labute approximate surface area is 118 Å². The largest absolute Gasteiger partial charge is 0.337 e. The van der Waals surface area contributed by atoms with Crippen molar-refractivity contribution in [2.24, 2.45) is 5.92 Å². The maximum atomic E-state index is 11.9. The molecule has 1 saturated heterocycles. The van der Waals surface area contributed by atoms with Crippen molar-refractivity contribution in [2.45, 2.75) is 26.7 Å². The number of hydrogen-bond donors (Lipinski definition) is 2. The average molecular weight is 279 g/mol. The predicted molar refractivity (Wildman–Crippen MR) is 75.2 cm³/mol. The molecular weight excluding hydrogens is 258 g/mol. The summed E-state index contributed by atoms with van der Waals surface area (Å²) in [6.07, 6.45) is 1.92. The first kappa shape index (κ1) is 15.9. The van der Waals surface area contributed by atoms with Crippen LogP contribution in [0.1, 0.15) is 26.7 Å². The van der Waals surface area contributed by atoms with E-state index < -0.39 is 5.91 Å². The van der Waals surface area contributed by atoms with Gasteiger partial charge in [0, 0.05) is 19.0 Å². The molecule has 0 spiro atoms. The van der Waals surface area contributed by atoms with Gasteiger partial charge in [-0.25, -0.2) is 0 Å². The number of nitrogens with zero attached hydrogens (tertiary/aromatic N) is 1. The summed E-state index contributed by atoms with van der Waals surface area (Å²) in [6, 6.07) is 0. The Hall–Kier alpha value is -2.11. The number of nitrogens with one attached hydrogen (secondary N) is 2. The third-order valence-electron chi connectivity index (χ3n) is 2.99. The molecule has 0 radical (unpaired) electrons. The molecule has 3 amide bonds. The minimum atomic E-state index is -0.628. The minimum Gasteiger partial charge on any atom is -0.337 e. The maximum absolute atomic E-state index is 11.9. The van der Waals surface area contributed by atoms with E-state index in [9.17, 15) is 14.4 Å². The zero-order chi connectivity index (χ0) is 15.3. The first-order valence-electron chi connectivity index (χ1n) is 6.62. The maximum Gasteiger partial charge on any atom is 0.271 e. The summed E-state index contributed by atoms with van der Waals surface area (Å²) in [7, 11) is 0. The van der Waals surface area contributed by atoms with Gasteiger partial charge in [-0.05, 0) is 12.8 Å². The van der Waals surface area contributed by atoms with Gasteiger partial charge in [-0.2, -0.15) is 0 Å². The van der Waals surface area contributed by atoms with E-state index >= 15 is 0 Å². The van der Waals surface area contributed by atoms with Crippen LogP contribution in [0.3, 0.4) is 0 Å². The summed E-state index contributed by atoms with van der Waals surface area (Å²) in [6.45, 7) is 11.8. The number of hydrogen-bond acceptors (Lipinski definition) is 3. The molecule has 0 aromatic carbocycles. The van der Waals surface area contributed by atoms with Crippen LogP contribution in [0.2, 0.25) is 0 Å². The zero-order valence-electron chi connectivity index (χ0n) is 12.0. The van der Waals surface area contributed by atoms with Crippen LogP contribution in [0.5, 0.6) is 0 Å². The lowest BCUT2D eigenvalue weighted by atomic mass is 10.2. The van der Waals surface area contributed by atoms with Crippen molar-refractivity contribution >= 4 is 17.7 Å². The van der Waals surface area contributed by atoms with Crippen LogP contribution in [0.25, 0.3) is 0 Å². The molecule has 110 valence electrons. The van der Waals surface area contributed by atoms with E-state index in [2.05, 4.69) is 23.8 Å². The van der Waals surface area contributed by atoms with Crippen molar-refractivity contribution in [1.82, 2.24) is 15.5 Å². The highest BCUT2D eigenvalue weighted by Crippen LogP contribution is 2.09. The van der Waals surface area contributed by atoms with Crippen molar-refractivity contribution < 1.29 is 14.4 Å². The topological polar surface area (TPSA) is 78.5 Å². The second-order valence-corrected chi connectivity index (χ2v) is 5.05. The van der Waals surface area contributed by atoms with Gasteiger partial charge >= 0.3 is 0 Å². The molecule has 1 fully saturated rings. The first-order chi connectivity index (χ1) is 9.32. The Morgan fingerprint density at radius 3 is 2.05 bits per heavy atom. The molecule has 1 heterocycles. The van der Waals surface area contributed by atoms with Gasteiger partial charge in [0.05, 0.1) is 11.4 Å². The molecule has 0 aromatic rings. The molecule has 0 atom stereocenters. The molecule has 1 aliphatic rings. The van der Waals surface area contributed by atoms with E-state index in [-0.39, 0.29) is 29.1 Å². The number of amides is 3. The van der Waals surface area contributed by atoms with Gasteiger partial charge in [-0.3, -0.25) is 14.4 Å². The van der Waals surface area contributed by atoms with Crippen molar-refractivity contribution in [3.05, 3.63) is 24.6 Å². The average Bonchev–Trinajstić information content (AvgIpc) is 2.90. The molecule has 1 rings (SSSR count). The van der Waals surface area contributed by atoms with Gasteiger partial charge in [0.1, 0.15) is 0 Å². The van der Waals surface area contributed by atoms with E-state index in [1.807, 2.05) is 0 Å². The molecule has 20 heavy (non-hydrogen) atoms. The van der Waals surface area contributed by atoms with Crippen LogP contribution in [0, 0.1) is 5.92 Å². The van der Waals surface area contributed by atoms with Crippen molar-refractivity contribution in [1.29, 1.82) is 0 Å². The summed E-state index contributed by atoms with van der Waals surface area (Å²) in [5.74, 6) is -1.48. The Morgan fingerprint density at radius 1 is 1.00 bits per heavy atom. The second kappa shape index (κ2) is 6.88. The molecule has 0 aliphatic carbocycles. The predicted octanol–water partition coefficient (Wildman–Crippen LogP) is 0.525. The summed E-state index contributed by atoms with van der Waals surface area (Å²) >= 11 is 0. The second-order valence-electron chi connectivity index (χ2n) is 5.05. The summed E-state index contributed by atoms with van der Waals surface area (Å²) in [4.78, 5) is 36.8. The van der Waals surface area contributed by atoms with Crippen LogP contribution >= 0.6 is 0 Å². The zero-order valence-corrected chi connectivity index (χ0v) is 12.0. The molecule has 1 aliphatic heterocycles. The van der Waals surface area contributed by atoms with Crippen LogP contribution < -0.4 is 10.6 Å². The van der Waals surface area contributed by atoms with Crippen LogP contribution in [0.4, 0.5) is 0 Å². The number of rotatable bonds is 5. The molecule has 2 N–H and O–H groups in total. The van der Waals surface area contributed by atoms with Crippen LogP contribution in [-0.2, 0) is 14.4 Å². The fourth-order valence-corrected chi connectivity index (χ4v) is 1.73. The number of likely N-dealkylation sites (tertiary alicyclic amines) is 1. The van der Waals surface area contributed by atoms with Gasteiger partial charge in [-0.1, -0.05) is 27.0 Å². The van der Waals surface area contributed by atoms with E-state index in [0.29, 0.717) is 13.1 Å². The van der Waals surface area contributed by atoms with Gasteiger partial charge in [0.25, 0.3) is 11.8 Å². The molecular formula is C14H21N3O3. The molecule has 0 aromatic heterocycles. The minimum absolute atomic E-state index is 0.00292. The highest BCUT2D eigenvalue weighted by atomic mass is 16.2. The van der Waals surface area contributed by atoms with E-state index in [1.54, 1.807) is 18.7 Å². The first-order valence-corrected chi connectivity index (χ1v) is 6.62. The van der Waals surface area contributed by atoms with E-state index in [1.165, 1.54) is 0 Å². The highest BCUT2D eigenvalue weighted by molar-refractivity contribution is 6.03. The standard InChI is InChI=1S/C14H21N3O3/c1-9(2)12(18)15-10(3)13(19)16-11(4)14(20)17-7-5-6-8-17/h9H,3-8H2,1-2H3,(H,15,18)(H,16,19).